The molecule has 0 amide bonds. The third-order valence-corrected chi connectivity index (χ3v) is 2.70. The quantitative estimate of drug-likeness (QED) is 0.365. The van der Waals surface area contributed by atoms with Crippen molar-refractivity contribution in [2.45, 2.75) is 0 Å². The molecular weight excluding hydrogens is 184 g/mol. The van der Waals surface area contributed by atoms with Gasteiger partial charge in [0.05, 0.1) is 0 Å². The van der Waals surface area contributed by atoms with Gasteiger partial charge in [-0.15, -0.1) is 0 Å². The van der Waals surface area contributed by atoms with Crippen LogP contribution in [0.3, 0.4) is 0 Å². The Morgan fingerprint density at radius 2 is 1.20 bits per heavy atom. The average molecular weight is 186 g/mol. The van der Waals surface area contributed by atoms with Crippen LogP contribution in [0, 0.1) is 0 Å². The summed E-state index contributed by atoms with van der Waals surface area (Å²) >= 11 is 7.45. The van der Waals surface area contributed by atoms with Gasteiger partial charge in [-0.1, -0.05) is 23.3 Å². The molecule has 0 radical (unpaired) electrons. The molecule has 34 valence electrons. The molecule has 0 nitrogen and oxygen atoms in total. The second-order valence-corrected chi connectivity index (χ2v) is 4.02. The smallest absolute Gasteiger partial charge is 0 e. The van der Waals surface area contributed by atoms with Crippen molar-refractivity contribution >= 4 is 43.0 Å². The second-order valence-electron chi connectivity index (χ2n) is 0.149. The van der Waals surface area contributed by atoms with Gasteiger partial charge in [-0.2, -0.15) is 0 Å². The van der Waals surface area contributed by atoms with E-state index < -0.39 is 0 Å². The molecule has 5 heavy (non-hydrogen) atoms. The first-order chi connectivity index (χ1) is 1.91. The Kier molecular flexibility index (Phi) is 18.7. The van der Waals surface area contributed by atoms with Crippen LogP contribution < -0.4 is 0 Å². The van der Waals surface area contributed by atoms with Crippen molar-refractivity contribution in [1.82, 2.24) is 0 Å². The summed E-state index contributed by atoms with van der Waals surface area (Å²) in [5.41, 5.74) is 0. The summed E-state index contributed by atoms with van der Waals surface area (Å²) in [6.07, 6.45) is 0. The molecule has 0 heterocycles. The summed E-state index contributed by atoms with van der Waals surface area (Å²) in [5, 5.41) is 0. The van der Waals surface area contributed by atoms with Gasteiger partial charge in [0.2, 0.25) is 0 Å². The summed E-state index contributed by atoms with van der Waals surface area (Å²) in [4.78, 5) is 0. The van der Waals surface area contributed by atoms with Gasteiger partial charge in [0.1, 0.15) is 0 Å². The first kappa shape index (κ1) is 10.0. The van der Waals surface area contributed by atoms with Gasteiger partial charge >= 0.3 is 0 Å². The molecule has 0 aromatic carbocycles. The summed E-state index contributed by atoms with van der Waals surface area (Å²) in [6, 6.07) is 0. The number of hydrogen-bond donors (Lipinski definition) is 2. The number of hydrogen-bond acceptors (Lipinski definition) is 4. The number of rotatable bonds is 1. The standard InChI is InChI=1S/Fe.H2S4/c;1-3-4-2/h;1-2H. The topological polar surface area (TPSA) is 0 Å². The van der Waals surface area contributed by atoms with E-state index in [1.54, 1.807) is 0 Å². The monoisotopic (exact) mass is 186 g/mol. The van der Waals surface area contributed by atoms with Crippen LogP contribution in [-0.2, 0) is 17.1 Å². The Hall–Kier alpha value is 1.92. The van der Waals surface area contributed by atoms with E-state index in [9.17, 15) is 0 Å². The van der Waals surface area contributed by atoms with Crippen LogP contribution in [-0.4, -0.2) is 0 Å². The Labute approximate surface area is 59.7 Å². The van der Waals surface area contributed by atoms with Crippen LogP contribution in [0.2, 0.25) is 0 Å². The first-order valence-corrected chi connectivity index (χ1v) is 4.79. The predicted octanol–water partition coefficient (Wildman–Crippen LogP) is 2.05. The zero-order chi connectivity index (χ0) is 3.41. The SMILES string of the molecule is SSSS.[Fe]. The van der Waals surface area contributed by atoms with Gasteiger partial charge in [-0.3, -0.25) is 0 Å². The van der Waals surface area contributed by atoms with Gasteiger partial charge in [-0.05, 0) is 19.7 Å². The Bertz CT molecular complexity index is 5.61. The van der Waals surface area contributed by atoms with Crippen molar-refractivity contribution < 1.29 is 17.1 Å². The Balaban J connectivity index is 0. The van der Waals surface area contributed by atoms with Crippen molar-refractivity contribution in [3.63, 3.8) is 0 Å². The maximum atomic E-state index is 3.72. The van der Waals surface area contributed by atoms with Crippen LogP contribution >= 0.6 is 43.0 Å². The van der Waals surface area contributed by atoms with E-state index in [1.165, 1.54) is 19.7 Å². The molecule has 0 saturated heterocycles. The van der Waals surface area contributed by atoms with Gasteiger partial charge in [0.25, 0.3) is 0 Å². The van der Waals surface area contributed by atoms with E-state index in [-0.39, 0.29) is 17.1 Å². The fourth-order valence-corrected chi connectivity index (χ4v) is 0. The van der Waals surface area contributed by atoms with Gasteiger partial charge in [-0.25, -0.2) is 0 Å². The van der Waals surface area contributed by atoms with Crippen LogP contribution in [0.5, 0.6) is 0 Å². The fourth-order valence-electron chi connectivity index (χ4n) is 0. The average Bonchev–Trinajstić information content (AvgIpc) is 1.37. The van der Waals surface area contributed by atoms with Crippen molar-refractivity contribution in [3.8, 4) is 0 Å². The third kappa shape index (κ3) is 10.7. The minimum Gasteiger partial charge on any atom is -0.0989 e. The summed E-state index contributed by atoms with van der Waals surface area (Å²) in [5.74, 6) is 0. The summed E-state index contributed by atoms with van der Waals surface area (Å²) in [7, 11) is 2.66. The van der Waals surface area contributed by atoms with E-state index in [4.69, 9.17) is 0 Å². The Morgan fingerprint density at radius 3 is 1.20 bits per heavy atom. The maximum absolute atomic E-state index is 3.72. The summed E-state index contributed by atoms with van der Waals surface area (Å²) in [6.45, 7) is 0. The molecule has 0 rings (SSSR count). The zero-order valence-corrected chi connectivity index (χ0v) is 6.59. The molecule has 0 aromatic heterocycles. The molecule has 5 heteroatoms. The molecule has 0 aliphatic rings. The van der Waals surface area contributed by atoms with Gasteiger partial charge in [0, 0.05) is 17.1 Å². The molecule has 0 aliphatic carbocycles. The van der Waals surface area contributed by atoms with Crippen molar-refractivity contribution in [3.05, 3.63) is 0 Å². The molecule has 0 atom stereocenters. The van der Waals surface area contributed by atoms with Crippen LogP contribution in [0.1, 0.15) is 0 Å². The first-order valence-electron chi connectivity index (χ1n) is 0.532. The molecule has 0 unspecified atom stereocenters. The van der Waals surface area contributed by atoms with Crippen LogP contribution in [0.4, 0.5) is 0 Å². The minimum absolute atomic E-state index is 0. The van der Waals surface area contributed by atoms with Gasteiger partial charge < -0.3 is 0 Å². The van der Waals surface area contributed by atoms with Gasteiger partial charge in [0.15, 0.2) is 0 Å². The third-order valence-electron chi connectivity index (χ3n) is 0.0333. The molecule has 0 fully saturated rings. The molecule has 0 saturated carbocycles. The van der Waals surface area contributed by atoms with E-state index in [0.717, 1.165) is 0 Å². The van der Waals surface area contributed by atoms with E-state index >= 15 is 0 Å². The van der Waals surface area contributed by atoms with E-state index in [0.29, 0.717) is 0 Å². The van der Waals surface area contributed by atoms with Crippen LogP contribution in [0.25, 0.3) is 0 Å². The van der Waals surface area contributed by atoms with E-state index in [2.05, 4.69) is 23.3 Å². The van der Waals surface area contributed by atoms with Crippen molar-refractivity contribution in [1.29, 1.82) is 0 Å². The molecular formula is H2FeS4. The second kappa shape index (κ2) is 9.33. The molecule has 0 N–H and O–H groups in total. The van der Waals surface area contributed by atoms with Crippen molar-refractivity contribution in [2.75, 3.05) is 0 Å². The normalized spacial score (nSPS) is 6.00. The van der Waals surface area contributed by atoms with Crippen LogP contribution in [0.15, 0.2) is 0 Å². The largest absolute Gasteiger partial charge is 0.0989 e. The molecule has 0 spiro atoms. The summed E-state index contributed by atoms with van der Waals surface area (Å²) < 4.78 is 0. The molecule has 0 aliphatic heterocycles. The zero-order valence-electron chi connectivity index (χ0n) is 2.06. The fraction of sp³-hybridized carbons (Fsp3) is 0. The predicted molar refractivity (Wildman–Crippen MR) is 33.2 cm³/mol. The Morgan fingerprint density at radius 1 is 1.00 bits per heavy atom. The number of thiol groups is 2. The molecule has 0 aromatic rings. The molecule has 0 bridgehead atoms. The minimum atomic E-state index is 0. The van der Waals surface area contributed by atoms with Crippen molar-refractivity contribution in [2.24, 2.45) is 0 Å². The maximum Gasteiger partial charge on any atom is 0 e. The van der Waals surface area contributed by atoms with E-state index in [1.807, 2.05) is 0 Å².